The van der Waals surface area contributed by atoms with Crippen LogP contribution in [0.1, 0.15) is 34.5 Å². The zero-order chi connectivity index (χ0) is 20.5. The number of carbonyl (C=O) groups is 1. The van der Waals surface area contributed by atoms with Crippen LogP contribution in [-0.2, 0) is 13.1 Å². The molecule has 3 aromatic rings. The Bertz CT molecular complexity index is 1040. The first-order valence-electron chi connectivity index (χ1n) is 10.6. The van der Waals surface area contributed by atoms with Gasteiger partial charge in [0.15, 0.2) is 0 Å². The van der Waals surface area contributed by atoms with E-state index in [9.17, 15) is 4.79 Å². The number of fused-ring (bicyclic) bond motifs is 1. The van der Waals surface area contributed by atoms with Crippen LogP contribution in [0.15, 0.2) is 65.1 Å². The van der Waals surface area contributed by atoms with Gasteiger partial charge in [-0.1, -0.05) is 29.8 Å². The molecule has 1 fully saturated rings. The Labute approximate surface area is 194 Å². The number of nitrogens with zero attached hydrogens (tertiary/aromatic N) is 2. The van der Waals surface area contributed by atoms with E-state index < -0.39 is 0 Å². The zero-order valence-corrected chi connectivity index (χ0v) is 18.9. The van der Waals surface area contributed by atoms with Crippen LogP contribution < -0.4 is 0 Å². The van der Waals surface area contributed by atoms with Gasteiger partial charge in [-0.15, -0.1) is 12.4 Å². The summed E-state index contributed by atoms with van der Waals surface area (Å²) in [5.41, 5.74) is 3.08. The van der Waals surface area contributed by atoms with E-state index in [1.165, 1.54) is 0 Å². The van der Waals surface area contributed by atoms with Gasteiger partial charge in [-0.2, -0.15) is 0 Å². The molecule has 0 N–H and O–H groups in total. The SMILES string of the molecule is Cl.O=C1c2ccccc2CN1CC1CCN(Cc2ccc(-c3ccc(Cl)cc3)o2)CC1. The maximum atomic E-state index is 12.6. The first-order valence-corrected chi connectivity index (χ1v) is 11.0. The minimum atomic E-state index is 0. The average molecular weight is 457 g/mol. The maximum absolute atomic E-state index is 12.6. The summed E-state index contributed by atoms with van der Waals surface area (Å²) in [6, 6.07) is 19.8. The van der Waals surface area contributed by atoms with Gasteiger partial charge < -0.3 is 9.32 Å². The summed E-state index contributed by atoms with van der Waals surface area (Å²) >= 11 is 5.97. The molecule has 1 amide bonds. The fraction of sp³-hybridized carbons (Fsp3) is 0.320. The fourth-order valence-electron chi connectivity index (χ4n) is 4.55. The van der Waals surface area contributed by atoms with Gasteiger partial charge in [-0.25, -0.2) is 0 Å². The van der Waals surface area contributed by atoms with E-state index in [2.05, 4.69) is 17.0 Å². The number of carbonyl (C=O) groups excluding carboxylic acids is 1. The summed E-state index contributed by atoms with van der Waals surface area (Å²) in [7, 11) is 0. The number of hydrogen-bond acceptors (Lipinski definition) is 3. The molecule has 5 rings (SSSR count). The molecule has 2 aliphatic heterocycles. The normalized spacial score (nSPS) is 16.9. The van der Waals surface area contributed by atoms with Crippen molar-refractivity contribution in [3.05, 3.63) is 82.6 Å². The highest BCUT2D eigenvalue weighted by molar-refractivity contribution is 6.30. The molecule has 4 nitrogen and oxygen atoms in total. The van der Waals surface area contributed by atoms with Gasteiger partial charge in [0.05, 0.1) is 6.54 Å². The van der Waals surface area contributed by atoms with Crippen LogP contribution >= 0.6 is 24.0 Å². The third-order valence-electron chi connectivity index (χ3n) is 6.25. The van der Waals surface area contributed by atoms with Crippen molar-refractivity contribution in [3.8, 4) is 11.3 Å². The summed E-state index contributed by atoms with van der Waals surface area (Å²) in [6.07, 6.45) is 2.23. The number of amides is 1. The lowest BCUT2D eigenvalue weighted by atomic mass is 9.96. The van der Waals surface area contributed by atoms with E-state index in [-0.39, 0.29) is 18.3 Å². The molecule has 0 aliphatic carbocycles. The van der Waals surface area contributed by atoms with Gasteiger partial charge in [0.2, 0.25) is 0 Å². The summed E-state index contributed by atoms with van der Waals surface area (Å²) < 4.78 is 6.06. The lowest BCUT2D eigenvalue weighted by Crippen LogP contribution is -2.38. The van der Waals surface area contributed by atoms with Crippen LogP contribution in [0, 0.1) is 5.92 Å². The van der Waals surface area contributed by atoms with E-state index in [1.807, 2.05) is 53.4 Å². The van der Waals surface area contributed by atoms with Crippen molar-refractivity contribution in [2.45, 2.75) is 25.9 Å². The van der Waals surface area contributed by atoms with Crippen LogP contribution in [0.4, 0.5) is 0 Å². The zero-order valence-electron chi connectivity index (χ0n) is 17.3. The Hall–Kier alpha value is -2.27. The van der Waals surface area contributed by atoms with Crippen LogP contribution in [0.3, 0.4) is 0 Å². The molecule has 0 unspecified atom stereocenters. The molecule has 6 heteroatoms. The molecule has 0 spiro atoms. The fourth-order valence-corrected chi connectivity index (χ4v) is 4.68. The van der Waals surface area contributed by atoms with Crippen molar-refractivity contribution in [1.29, 1.82) is 0 Å². The number of furan rings is 1. The monoisotopic (exact) mass is 456 g/mol. The molecule has 0 atom stereocenters. The Balaban J connectivity index is 0.00000231. The highest BCUT2D eigenvalue weighted by Gasteiger charge is 2.30. The second-order valence-electron chi connectivity index (χ2n) is 8.34. The lowest BCUT2D eigenvalue weighted by molar-refractivity contribution is 0.0708. The molecule has 2 aromatic carbocycles. The smallest absolute Gasteiger partial charge is 0.254 e. The largest absolute Gasteiger partial charge is 0.460 e. The summed E-state index contributed by atoms with van der Waals surface area (Å²) in [4.78, 5) is 17.1. The molecule has 31 heavy (non-hydrogen) atoms. The summed E-state index contributed by atoms with van der Waals surface area (Å²) in [6.45, 7) is 4.53. The van der Waals surface area contributed by atoms with Gasteiger partial charge in [0.25, 0.3) is 5.91 Å². The van der Waals surface area contributed by atoms with Crippen molar-refractivity contribution in [2.75, 3.05) is 19.6 Å². The predicted octanol–water partition coefficient (Wildman–Crippen LogP) is 5.89. The maximum Gasteiger partial charge on any atom is 0.254 e. The van der Waals surface area contributed by atoms with Gasteiger partial charge >= 0.3 is 0 Å². The number of likely N-dealkylation sites (tertiary alicyclic amines) is 1. The minimum absolute atomic E-state index is 0. The Morgan fingerprint density at radius 3 is 2.45 bits per heavy atom. The van der Waals surface area contributed by atoms with Crippen LogP contribution in [0.5, 0.6) is 0 Å². The van der Waals surface area contributed by atoms with Crippen LogP contribution in [-0.4, -0.2) is 35.3 Å². The number of hydrogen-bond donors (Lipinski definition) is 0. The lowest BCUT2D eigenvalue weighted by Gasteiger charge is -2.33. The van der Waals surface area contributed by atoms with Gasteiger partial charge in [-0.3, -0.25) is 9.69 Å². The van der Waals surface area contributed by atoms with E-state index in [0.717, 1.165) is 78.8 Å². The molecular formula is C25H26Cl2N2O2. The second-order valence-corrected chi connectivity index (χ2v) is 8.77. The number of rotatable bonds is 5. The number of halogens is 2. The highest BCUT2D eigenvalue weighted by Crippen LogP contribution is 2.28. The first-order chi connectivity index (χ1) is 14.7. The molecule has 0 bridgehead atoms. The van der Waals surface area contributed by atoms with Crippen molar-refractivity contribution < 1.29 is 9.21 Å². The summed E-state index contributed by atoms with van der Waals surface area (Å²) in [5.74, 6) is 2.63. The molecular weight excluding hydrogens is 431 g/mol. The Morgan fingerprint density at radius 1 is 0.968 bits per heavy atom. The van der Waals surface area contributed by atoms with Crippen molar-refractivity contribution in [2.24, 2.45) is 5.92 Å². The van der Waals surface area contributed by atoms with E-state index in [1.54, 1.807) is 0 Å². The van der Waals surface area contributed by atoms with Crippen LogP contribution in [0.2, 0.25) is 5.02 Å². The summed E-state index contributed by atoms with van der Waals surface area (Å²) in [5, 5.41) is 0.730. The first kappa shape index (κ1) is 21.9. The van der Waals surface area contributed by atoms with Gasteiger partial charge in [0, 0.05) is 29.2 Å². The molecule has 1 saturated heterocycles. The topological polar surface area (TPSA) is 36.7 Å². The second kappa shape index (κ2) is 9.47. The third-order valence-corrected chi connectivity index (χ3v) is 6.50. The number of benzene rings is 2. The Kier molecular flexibility index (Phi) is 6.71. The van der Waals surface area contributed by atoms with Crippen LogP contribution in [0.25, 0.3) is 11.3 Å². The van der Waals surface area contributed by atoms with Crippen molar-refractivity contribution >= 4 is 29.9 Å². The molecule has 2 aliphatic rings. The van der Waals surface area contributed by atoms with Gasteiger partial charge in [-0.05, 0) is 79.9 Å². The standard InChI is InChI=1S/C25H25ClN2O2.ClH/c26-21-7-5-19(6-8-21)24-10-9-22(30-24)17-27-13-11-18(12-14-27)15-28-16-20-3-1-2-4-23(20)25(28)29;/h1-10,18H,11-17H2;1H. The van der Waals surface area contributed by atoms with E-state index in [4.69, 9.17) is 16.0 Å². The molecule has 0 radical (unpaired) electrons. The van der Waals surface area contributed by atoms with E-state index in [0.29, 0.717) is 5.92 Å². The minimum Gasteiger partial charge on any atom is -0.460 e. The molecule has 0 saturated carbocycles. The van der Waals surface area contributed by atoms with E-state index >= 15 is 0 Å². The van der Waals surface area contributed by atoms with Crippen molar-refractivity contribution in [3.63, 3.8) is 0 Å². The average Bonchev–Trinajstić information content (AvgIpc) is 3.35. The third kappa shape index (κ3) is 4.82. The van der Waals surface area contributed by atoms with Crippen molar-refractivity contribution in [1.82, 2.24) is 9.80 Å². The molecule has 162 valence electrons. The quantitative estimate of drug-likeness (QED) is 0.480. The molecule has 1 aromatic heterocycles. The van der Waals surface area contributed by atoms with Gasteiger partial charge in [0.1, 0.15) is 11.5 Å². The predicted molar refractivity (Wildman–Crippen MR) is 126 cm³/mol. The Morgan fingerprint density at radius 2 is 1.71 bits per heavy atom. The highest BCUT2D eigenvalue weighted by atomic mass is 35.5. The number of piperidine rings is 1. The molecule has 3 heterocycles.